The maximum Gasteiger partial charge on any atom is 0.169 e. The number of carbonyl (C=O) groups is 1. The van der Waals surface area contributed by atoms with E-state index in [0.29, 0.717) is 6.42 Å². The number of ketones is 1. The monoisotopic (exact) mass is 255 g/mol. The second-order valence-electron chi connectivity index (χ2n) is 5.75. The molecule has 1 atom stereocenters. The van der Waals surface area contributed by atoms with Crippen molar-refractivity contribution in [2.24, 2.45) is 11.1 Å². The summed E-state index contributed by atoms with van der Waals surface area (Å²) in [6, 6.07) is 3.24. The first-order chi connectivity index (χ1) is 8.20. The number of carbonyl (C=O) groups excluding carboxylic acids is 1. The third-order valence-electron chi connectivity index (χ3n) is 2.57. The number of nitrogens with two attached hydrogens (primary N) is 1. The molecule has 0 saturated heterocycles. The molecule has 2 N–H and O–H groups in total. The van der Waals surface area contributed by atoms with Crippen LogP contribution in [0.25, 0.3) is 0 Å². The average molecular weight is 255 g/mol. The normalized spacial score (nSPS) is 13.4. The zero-order chi connectivity index (χ0) is 13.9. The molecule has 0 aliphatic rings. The van der Waals surface area contributed by atoms with Gasteiger partial charge < -0.3 is 5.73 Å². The van der Waals surface area contributed by atoms with Crippen molar-refractivity contribution in [3.8, 4) is 0 Å². The molecular formula is C14H19F2NO. The molecule has 0 aliphatic carbocycles. The Hall–Kier alpha value is -1.29. The van der Waals surface area contributed by atoms with Crippen LogP contribution in [0.4, 0.5) is 8.78 Å². The molecule has 0 bridgehead atoms. The summed E-state index contributed by atoms with van der Waals surface area (Å²) in [6.45, 7) is 6.04. The van der Waals surface area contributed by atoms with Gasteiger partial charge in [0, 0.05) is 12.5 Å². The maximum absolute atomic E-state index is 13.4. The van der Waals surface area contributed by atoms with E-state index in [-0.39, 0.29) is 23.4 Å². The number of benzene rings is 1. The molecule has 1 aromatic carbocycles. The van der Waals surface area contributed by atoms with Gasteiger partial charge in [-0.05, 0) is 24.0 Å². The van der Waals surface area contributed by atoms with Crippen LogP contribution in [0.1, 0.15) is 44.0 Å². The topological polar surface area (TPSA) is 43.1 Å². The summed E-state index contributed by atoms with van der Waals surface area (Å²) in [5.74, 6) is -2.56. The molecule has 0 aliphatic heterocycles. The lowest BCUT2D eigenvalue weighted by atomic mass is 9.86. The summed E-state index contributed by atoms with van der Waals surface area (Å²) in [5, 5.41) is 0. The van der Waals surface area contributed by atoms with Gasteiger partial charge in [0.25, 0.3) is 0 Å². The number of rotatable bonds is 4. The van der Waals surface area contributed by atoms with Gasteiger partial charge in [-0.15, -0.1) is 0 Å². The van der Waals surface area contributed by atoms with Gasteiger partial charge in [-0.3, -0.25) is 4.79 Å². The highest BCUT2D eigenvalue weighted by Gasteiger charge is 2.21. The van der Waals surface area contributed by atoms with Crippen LogP contribution in [0.2, 0.25) is 0 Å². The van der Waals surface area contributed by atoms with Crippen molar-refractivity contribution < 1.29 is 13.6 Å². The molecular weight excluding hydrogens is 236 g/mol. The van der Waals surface area contributed by atoms with Crippen LogP contribution < -0.4 is 5.73 Å². The zero-order valence-electron chi connectivity index (χ0n) is 11.0. The number of hydrogen-bond acceptors (Lipinski definition) is 2. The zero-order valence-corrected chi connectivity index (χ0v) is 11.0. The molecule has 0 saturated carbocycles. The quantitative estimate of drug-likeness (QED) is 0.839. The summed E-state index contributed by atoms with van der Waals surface area (Å²) in [4.78, 5) is 11.8. The molecule has 1 unspecified atom stereocenters. The summed E-state index contributed by atoms with van der Waals surface area (Å²) < 4.78 is 26.4. The highest BCUT2D eigenvalue weighted by Crippen LogP contribution is 2.22. The molecule has 0 aromatic heterocycles. The Balaban J connectivity index is 2.74. The van der Waals surface area contributed by atoms with E-state index in [1.165, 1.54) is 12.1 Å². The van der Waals surface area contributed by atoms with E-state index in [4.69, 9.17) is 5.73 Å². The van der Waals surface area contributed by atoms with Crippen LogP contribution >= 0.6 is 0 Å². The average Bonchev–Trinajstić information content (AvgIpc) is 2.18. The molecule has 4 heteroatoms. The highest BCUT2D eigenvalue weighted by atomic mass is 19.2. The molecule has 100 valence electrons. The highest BCUT2D eigenvalue weighted by molar-refractivity contribution is 5.96. The van der Waals surface area contributed by atoms with Crippen LogP contribution in [0.3, 0.4) is 0 Å². The van der Waals surface area contributed by atoms with Crippen LogP contribution in [-0.2, 0) is 0 Å². The van der Waals surface area contributed by atoms with Crippen molar-refractivity contribution in [2.45, 2.75) is 39.7 Å². The Morgan fingerprint density at radius 1 is 1.33 bits per heavy atom. The van der Waals surface area contributed by atoms with Gasteiger partial charge in [0.1, 0.15) is 0 Å². The Labute approximate surface area is 106 Å². The molecule has 1 aromatic rings. The van der Waals surface area contributed by atoms with Crippen LogP contribution in [0.5, 0.6) is 0 Å². The Bertz CT molecular complexity index is 438. The summed E-state index contributed by atoms with van der Waals surface area (Å²) in [5.41, 5.74) is 5.63. The van der Waals surface area contributed by atoms with Crippen LogP contribution in [-0.4, -0.2) is 11.8 Å². The summed E-state index contributed by atoms with van der Waals surface area (Å²) >= 11 is 0. The van der Waals surface area contributed by atoms with Gasteiger partial charge in [-0.2, -0.15) is 0 Å². The minimum atomic E-state index is -1.09. The van der Waals surface area contributed by atoms with Gasteiger partial charge in [0.15, 0.2) is 17.4 Å². The minimum absolute atomic E-state index is 0.000178. The molecule has 2 nitrogen and oxygen atoms in total. The molecule has 0 spiro atoms. The lowest BCUT2D eigenvalue weighted by Gasteiger charge is -2.22. The smallest absolute Gasteiger partial charge is 0.169 e. The molecule has 0 fully saturated rings. The lowest BCUT2D eigenvalue weighted by molar-refractivity contribution is 0.0963. The Morgan fingerprint density at radius 2 is 1.94 bits per heavy atom. The van der Waals surface area contributed by atoms with Crippen molar-refractivity contribution in [3.05, 3.63) is 35.4 Å². The van der Waals surface area contributed by atoms with E-state index in [9.17, 15) is 13.6 Å². The Kier molecular flexibility index (Phi) is 4.57. The van der Waals surface area contributed by atoms with Gasteiger partial charge in [-0.25, -0.2) is 8.78 Å². The van der Waals surface area contributed by atoms with E-state index in [1.54, 1.807) is 0 Å². The molecule has 0 amide bonds. The van der Waals surface area contributed by atoms with E-state index < -0.39 is 17.4 Å². The number of Topliss-reactive ketones (excluding diaryl/α,β-unsaturated/α-hetero) is 1. The number of hydrogen-bond donors (Lipinski definition) is 1. The third-order valence-corrected chi connectivity index (χ3v) is 2.57. The first-order valence-electron chi connectivity index (χ1n) is 5.93. The van der Waals surface area contributed by atoms with Crippen molar-refractivity contribution >= 4 is 5.78 Å². The molecule has 0 heterocycles. The molecule has 0 radical (unpaired) electrons. The molecule has 1 rings (SSSR count). The van der Waals surface area contributed by atoms with Crippen molar-refractivity contribution in [3.63, 3.8) is 0 Å². The van der Waals surface area contributed by atoms with Gasteiger partial charge >= 0.3 is 0 Å². The molecule has 18 heavy (non-hydrogen) atoms. The van der Waals surface area contributed by atoms with Crippen LogP contribution in [0, 0.1) is 17.0 Å². The van der Waals surface area contributed by atoms with Crippen molar-refractivity contribution in [1.82, 2.24) is 0 Å². The van der Waals surface area contributed by atoms with Crippen molar-refractivity contribution in [2.75, 3.05) is 0 Å². The van der Waals surface area contributed by atoms with E-state index in [0.717, 1.165) is 6.07 Å². The first kappa shape index (κ1) is 14.8. The summed E-state index contributed by atoms with van der Waals surface area (Å²) in [7, 11) is 0. The fourth-order valence-corrected chi connectivity index (χ4v) is 1.93. The van der Waals surface area contributed by atoms with Gasteiger partial charge in [0.2, 0.25) is 0 Å². The first-order valence-corrected chi connectivity index (χ1v) is 5.93. The second-order valence-corrected chi connectivity index (χ2v) is 5.75. The van der Waals surface area contributed by atoms with E-state index >= 15 is 0 Å². The number of halogens is 2. The fraction of sp³-hybridized carbons (Fsp3) is 0.500. The van der Waals surface area contributed by atoms with Gasteiger partial charge in [-0.1, -0.05) is 26.8 Å². The van der Waals surface area contributed by atoms with E-state index in [2.05, 4.69) is 0 Å². The maximum atomic E-state index is 13.4. The Morgan fingerprint density at radius 3 is 2.50 bits per heavy atom. The van der Waals surface area contributed by atoms with Crippen LogP contribution in [0.15, 0.2) is 18.2 Å². The predicted molar refractivity (Wildman–Crippen MR) is 67.4 cm³/mol. The second kappa shape index (κ2) is 5.57. The van der Waals surface area contributed by atoms with Crippen molar-refractivity contribution in [1.29, 1.82) is 0 Å². The fourth-order valence-electron chi connectivity index (χ4n) is 1.93. The summed E-state index contributed by atoms with van der Waals surface area (Å²) in [6.07, 6.45) is 0.674. The third kappa shape index (κ3) is 4.18. The van der Waals surface area contributed by atoms with Gasteiger partial charge in [0.05, 0.1) is 5.56 Å². The lowest BCUT2D eigenvalue weighted by Crippen LogP contribution is -2.29. The SMILES string of the molecule is CC(C)(C)CC(N)CC(=O)c1cccc(F)c1F. The standard InChI is InChI=1S/C14H19F2NO/c1-14(2,3)8-9(17)7-12(18)10-5-4-6-11(15)13(10)16/h4-6,9H,7-8,17H2,1-3H3. The largest absolute Gasteiger partial charge is 0.327 e. The minimum Gasteiger partial charge on any atom is -0.327 e. The van der Waals surface area contributed by atoms with E-state index in [1.807, 2.05) is 20.8 Å². The predicted octanol–water partition coefficient (Wildman–Crippen LogP) is 3.30.